The van der Waals surface area contributed by atoms with Crippen LogP contribution >= 0.6 is 15.9 Å². The molecule has 0 bridgehead atoms. The Bertz CT molecular complexity index is 809. The van der Waals surface area contributed by atoms with E-state index in [1.807, 2.05) is 24.3 Å². The van der Waals surface area contributed by atoms with Gasteiger partial charge < -0.3 is 9.47 Å². The maximum atomic E-state index is 14.0. The van der Waals surface area contributed by atoms with E-state index in [0.717, 1.165) is 11.3 Å². The third-order valence-corrected chi connectivity index (χ3v) is 3.81. The van der Waals surface area contributed by atoms with E-state index in [1.54, 1.807) is 19.2 Å². The van der Waals surface area contributed by atoms with Gasteiger partial charge in [-0.25, -0.2) is 14.4 Å². The molecule has 0 saturated carbocycles. The highest BCUT2D eigenvalue weighted by Crippen LogP contribution is 2.28. The van der Waals surface area contributed by atoms with Crippen LogP contribution in [0.25, 0.3) is 10.9 Å². The van der Waals surface area contributed by atoms with Crippen LogP contribution in [0.2, 0.25) is 0 Å². The quantitative estimate of drug-likeness (QED) is 0.700. The molecule has 112 valence electrons. The van der Waals surface area contributed by atoms with Gasteiger partial charge in [-0.1, -0.05) is 12.1 Å². The first-order valence-corrected chi connectivity index (χ1v) is 7.33. The molecule has 2 aromatic carbocycles. The first-order chi connectivity index (χ1) is 10.7. The van der Waals surface area contributed by atoms with Crippen molar-refractivity contribution in [1.29, 1.82) is 0 Å². The van der Waals surface area contributed by atoms with Crippen molar-refractivity contribution in [3.05, 3.63) is 58.6 Å². The van der Waals surface area contributed by atoms with E-state index in [-0.39, 0.29) is 5.52 Å². The average Bonchev–Trinajstić information content (AvgIpc) is 2.57. The summed E-state index contributed by atoms with van der Waals surface area (Å²) in [6, 6.07) is 10.9. The molecule has 0 aliphatic rings. The molecule has 6 heteroatoms. The Balaban J connectivity index is 1.86. The Hall–Kier alpha value is -2.21. The Morgan fingerprint density at radius 3 is 2.59 bits per heavy atom. The molecule has 0 aliphatic heterocycles. The van der Waals surface area contributed by atoms with Crippen molar-refractivity contribution < 1.29 is 13.9 Å². The summed E-state index contributed by atoms with van der Waals surface area (Å²) in [5.41, 5.74) is 1.19. The fourth-order valence-corrected chi connectivity index (χ4v) is 2.36. The molecule has 0 fully saturated rings. The molecule has 0 saturated heterocycles. The van der Waals surface area contributed by atoms with E-state index in [1.165, 1.54) is 6.33 Å². The summed E-state index contributed by atoms with van der Waals surface area (Å²) in [5, 5.41) is 0.539. The molecule has 1 heterocycles. The predicted octanol–water partition coefficient (Wildman–Crippen LogP) is 4.12. The average molecular weight is 363 g/mol. The van der Waals surface area contributed by atoms with Crippen molar-refractivity contribution in [3.8, 4) is 11.6 Å². The van der Waals surface area contributed by atoms with Crippen LogP contribution < -0.4 is 9.47 Å². The van der Waals surface area contributed by atoms with Crippen molar-refractivity contribution >= 4 is 26.8 Å². The van der Waals surface area contributed by atoms with E-state index in [4.69, 9.17) is 9.47 Å². The lowest BCUT2D eigenvalue weighted by Gasteiger charge is -2.09. The van der Waals surface area contributed by atoms with Crippen molar-refractivity contribution in [2.24, 2.45) is 0 Å². The van der Waals surface area contributed by atoms with Crippen LogP contribution in [0.4, 0.5) is 4.39 Å². The molecule has 1 aromatic heterocycles. The Morgan fingerprint density at radius 2 is 1.86 bits per heavy atom. The van der Waals surface area contributed by atoms with E-state index < -0.39 is 5.82 Å². The van der Waals surface area contributed by atoms with Crippen LogP contribution in [-0.4, -0.2) is 17.1 Å². The minimum absolute atomic E-state index is 0.231. The van der Waals surface area contributed by atoms with Gasteiger partial charge in [0.25, 0.3) is 0 Å². The summed E-state index contributed by atoms with van der Waals surface area (Å²) in [7, 11) is 1.62. The van der Waals surface area contributed by atoms with Crippen molar-refractivity contribution in [1.82, 2.24) is 9.97 Å². The van der Waals surface area contributed by atoms with Crippen LogP contribution in [0.3, 0.4) is 0 Å². The highest BCUT2D eigenvalue weighted by atomic mass is 79.9. The number of ether oxygens (including phenoxy) is 2. The van der Waals surface area contributed by atoms with Gasteiger partial charge in [0.15, 0.2) is 5.82 Å². The molecule has 4 nitrogen and oxygen atoms in total. The van der Waals surface area contributed by atoms with E-state index >= 15 is 0 Å². The number of nitrogens with zero attached hydrogens (tertiary/aromatic N) is 2. The number of hydrogen-bond donors (Lipinski definition) is 0. The SMILES string of the molecule is COc1ccc(COc2ncnc3c(F)c(Br)ccc23)cc1. The molecular formula is C16H12BrFN2O2. The Kier molecular flexibility index (Phi) is 4.20. The summed E-state index contributed by atoms with van der Waals surface area (Å²) in [6.07, 6.45) is 1.29. The Labute approximate surface area is 135 Å². The molecule has 22 heavy (non-hydrogen) atoms. The standard InChI is InChI=1S/C16H12BrFN2O2/c1-21-11-4-2-10(3-5-11)8-22-16-12-6-7-13(17)14(18)15(12)19-9-20-16/h2-7,9H,8H2,1H3. The fraction of sp³-hybridized carbons (Fsp3) is 0.125. The second kappa shape index (κ2) is 6.27. The van der Waals surface area contributed by atoms with Gasteiger partial charge in [0, 0.05) is 0 Å². The van der Waals surface area contributed by atoms with Crippen molar-refractivity contribution in [2.75, 3.05) is 7.11 Å². The summed E-state index contributed by atoms with van der Waals surface area (Å²) < 4.78 is 25.2. The normalized spacial score (nSPS) is 10.7. The summed E-state index contributed by atoms with van der Waals surface area (Å²) in [5.74, 6) is 0.713. The summed E-state index contributed by atoms with van der Waals surface area (Å²) in [4.78, 5) is 8.05. The minimum atomic E-state index is -0.422. The molecule has 3 aromatic rings. The first kappa shape index (κ1) is 14.7. The third-order valence-electron chi connectivity index (χ3n) is 3.20. The lowest BCUT2D eigenvalue weighted by Crippen LogP contribution is -1.99. The zero-order valence-electron chi connectivity index (χ0n) is 11.7. The highest BCUT2D eigenvalue weighted by molar-refractivity contribution is 9.10. The number of fused-ring (bicyclic) bond motifs is 1. The van der Waals surface area contributed by atoms with E-state index in [2.05, 4.69) is 25.9 Å². The van der Waals surface area contributed by atoms with Crippen molar-refractivity contribution in [2.45, 2.75) is 6.61 Å². The molecule has 0 atom stereocenters. The molecule has 0 N–H and O–H groups in total. The maximum absolute atomic E-state index is 14.0. The van der Waals surface area contributed by atoms with Gasteiger partial charge in [-0.2, -0.15) is 0 Å². The molecule has 0 spiro atoms. The van der Waals surface area contributed by atoms with E-state index in [9.17, 15) is 4.39 Å². The fourth-order valence-electron chi connectivity index (χ4n) is 2.04. The second-order valence-corrected chi connectivity index (χ2v) is 5.43. The van der Waals surface area contributed by atoms with Gasteiger partial charge >= 0.3 is 0 Å². The second-order valence-electron chi connectivity index (χ2n) is 4.57. The van der Waals surface area contributed by atoms with Crippen LogP contribution in [0.1, 0.15) is 5.56 Å². The molecule has 0 radical (unpaired) electrons. The zero-order chi connectivity index (χ0) is 15.5. The van der Waals surface area contributed by atoms with Crippen LogP contribution in [0.15, 0.2) is 47.2 Å². The van der Waals surface area contributed by atoms with Crippen molar-refractivity contribution in [3.63, 3.8) is 0 Å². The molecule has 0 unspecified atom stereocenters. The van der Waals surface area contributed by atoms with Crippen LogP contribution in [0.5, 0.6) is 11.6 Å². The number of halogens is 2. The number of aromatic nitrogens is 2. The monoisotopic (exact) mass is 362 g/mol. The minimum Gasteiger partial charge on any atom is -0.497 e. The summed E-state index contributed by atoms with van der Waals surface area (Å²) >= 11 is 3.14. The topological polar surface area (TPSA) is 44.2 Å². The summed E-state index contributed by atoms with van der Waals surface area (Å²) in [6.45, 7) is 0.327. The number of benzene rings is 2. The first-order valence-electron chi connectivity index (χ1n) is 6.53. The van der Waals surface area contributed by atoms with Gasteiger partial charge in [0.1, 0.15) is 24.2 Å². The molecular weight excluding hydrogens is 351 g/mol. The molecule has 0 aliphatic carbocycles. The van der Waals surface area contributed by atoms with Crippen LogP contribution in [0, 0.1) is 5.82 Å². The number of rotatable bonds is 4. The van der Waals surface area contributed by atoms with Crippen LogP contribution in [-0.2, 0) is 6.61 Å². The van der Waals surface area contributed by atoms with Gasteiger partial charge in [0.05, 0.1) is 17.0 Å². The number of methoxy groups -OCH3 is 1. The van der Waals surface area contributed by atoms with Gasteiger partial charge in [-0.15, -0.1) is 0 Å². The lowest BCUT2D eigenvalue weighted by molar-refractivity contribution is 0.297. The Morgan fingerprint density at radius 1 is 1.09 bits per heavy atom. The van der Waals surface area contributed by atoms with Gasteiger partial charge in [-0.05, 0) is 45.8 Å². The van der Waals surface area contributed by atoms with Gasteiger partial charge in [0.2, 0.25) is 5.88 Å². The van der Waals surface area contributed by atoms with E-state index in [0.29, 0.717) is 22.3 Å². The predicted molar refractivity (Wildman–Crippen MR) is 84.5 cm³/mol. The third kappa shape index (κ3) is 2.87. The largest absolute Gasteiger partial charge is 0.497 e. The number of hydrogen-bond acceptors (Lipinski definition) is 4. The molecule has 0 amide bonds. The highest BCUT2D eigenvalue weighted by Gasteiger charge is 2.11. The zero-order valence-corrected chi connectivity index (χ0v) is 13.3. The molecule has 3 rings (SSSR count). The smallest absolute Gasteiger partial charge is 0.224 e. The van der Waals surface area contributed by atoms with Gasteiger partial charge in [-0.3, -0.25) is 0 Å². The lowest BCUT2D eigenvalue weighted by atomic mass is 10.2. The maximum Gasteiger partial charge on any atom is 0.224 e.